The van der Waals surface area contributed by atoms with Crippen LogP contribution in [0.2, 0.25) is 0 Å². The van der Waals surface area contributed by atoms with Crippen molar-refractivity contribution in [3.05, 3.63) is 95.8 Å². The summed E-state index contributed by atoms with van der Waals surface area (Å²) < 4.78 is 40.7. The van der Waals surface area contributed by atoms with Crippen molar-refractivity contribution in [2.24, 2.45) is 0 Å². The molecule has 0 atom stereocenters. The third-order valence-electron chi connectivity index (χ3n) is 4.27. The number of hydrogen-bond acceptors (Lipinski definition) is 2. The van der Waals surface area contributed by atoms with E-state index in [0.717, 1.165) is 23.0 Å². The van der Waals surface area contributed by atoms with Crippen molar-refractivity contribution in [3.8, 4) is 5.82 Å². The first-order chi connectivity index (χ1) is 12.9. The van der Waals surface area contributed by atoms with Gasteiger partial charge in [0.15, 0.2) is 0 Å². The number of hydrogen-bond donors (Lipinski definition) is 0. The molecule has 4 rings (SSSR count). The average Bonchev–Trinajstić information content (AvgIpc) is 3.07. The minimum Gasteiger partial charge on any atom is -0.290 e. The number of nitrogens with zero attached hydrogens (tertiary/aromatic N) is 2. The molecule has 0 fully saturated rings. The zero-order chi connectivity index (χ0) is 19.0. The molecule has 134 valence electrons. The Morgan fingerprint density at radius 3 is 2.41 bits per heavy atom. The van der Waals surface area contributed by atoms with Crippen LogP contribution < -0.4 is 0 Å². The summed E-state index contributed by atoms with van der Waals surface area (Å²) in [5, 5.41) is 0.804. The third-order valence-corrected chi connectivity index (χ3v) is 4.27. The maximum absolute atomic E-state index is 13.1. The van der Waals surface area contributed by atoms with Gasteiger partial charge in [-0.1, -0.05) is 36.4 Å². The van der Waals surface area contributed by atoms with Crippen LogP contribution in [0.5, 0.6) is 0 Å². The standard InChI is InChI=1S/C21H13F3N2O/c22-21(23,24)16-8-5-7-15(12-16)20(27)18-13-14-6-1-2-9-17(14)26(18)19-10-3-4-11-25-19/h1-13H. The fraction of sp³-hybridized carbons (Fsp3) is 0.0476. The van der Waals surface area contributed by atoms with Crippen LogP contribution in [0.15, 0.2) is 79.0 Å². The zero-order valence-electron chi connectivity index (χ0n) is 13.9. The normalized spacial score (nSPS) is 11.7. The highest BCUT2D eigenvalue weighted by molar-refractivity contribution is 6.11. The fourth-order valence-corrected chi connectivity index (χ4v) is 3.04. The van der Waals surface area contributed by atoms with E-state index in [1.165, 1.54) is 12.1 Å². The van der Waals surface area contributed by atoms with E-state index in [-0.39, 0.29) is 11.3 Å². The van der Waals surface area contributed by atoms with Crippen LogP contribution >= 0.6 is 0 Å². The van der Waals surface area contributed by atoms with Crippen LogP contribution in [0.3, 0.4) is 0 Å². The first-order valence-corrected chi connectivity index (χ1v) is 8.19. The molecule has 0 bridgehead atoms. The number of benzene rings is 2. The van der Waals surface area contributed by atoms with Gasteiger partial charge in [-0.3, -0.25) is 9.36 Å². The molecule has 0 amide bonds. The van der Waals surface area contributed by atoms with Gasteiger partial charge in [0.05, 0.1) is 16.8 Å². The summed E-state index contributed by atoms with van der Waals surface area (Å²) >= 11 is 0. The third kappa shape index (κ3) is 3.10. The molecular weight excluding hydrogens is 353 g/mol. The molecule has 0 aliphatic rings. The van der Waals surface area contributed by atoms with Gasteiger partial charge in [-0.25, -0.2) is 4.98 Å². The highest BCUT2D eigenvalue weighted by Gasteiger charge is 2.31. The summed E-state index contributed by atoms with van der Waals surface area (Å²) in [4.78, 5) is 17.4. The first-order valence-electron chi connectivity index (χ1n) is 8.19. The van der Waals surface area contributed by atoms with Crippen LogP contribution in [-0.4, -0.2) is 15.3 Å². The van der Waals surface area contributed by atoms with E-state index in [9.17, 15) is 18.0 Å². The lowest BCUT2D eigenvalue weighted by atomic mass is 10.0. The van der Waals surface area contributed by atoms with Crippen molar-refractivity contribution in [1.29, 1.82) is 0 Å². The molecule has 4 aromatic rings. The van der Waals surface area contributed by atoms with Crippen molar-refractivity contribution in [3.63, 3.8) is 0 Å². The van der Waals surface area contributed by atoms with E-state index >= 15 is 0 Å². The first kappa shape index (κ1) is 17.0. The smallest absolute Gasteiger partial charge is 0.290 e. The van der Waals surface area contributed by atoms with E-state index < -0.39 is 17.5 Å². The van der Waals surface area contributed by atoms with Crippen molar-refractivity contribution in [2.45, 2.75) is 6.18 Å². The summed E-state index contributed by atoms with van der Waals surface area (Å²) in [6.45, 7) is 0. The number of pyridine rings is 1. The zero-order valence-corrected chi connectivity index (χ0v) is 13.9. The Morgan fingerprint density at radius 2 is 1.67 bits per heavy atom. The van der Waals surface area contributed by atoms with Gasteiger partial charge < -0.3 is 0 Å². The summed E-state index contributed by atoms with van der Waals surface area (Å²) in [5.41, 5.74) is 0.138. The predicted octanol–water partition coefficient (Wildman–Crippen LogP) is 5.28. The summed E-state index contributed by atoms with van der Waals surface area (Å²) in [5.74, 6) is 0.0250. The second kappa shape index (κ2) is 6.39. The van der Waals surface area contributed by atoms with E-state index in [1.54, 1.807) is 35.0 Å². The SMILES string of the molecule is O=C(c1cccc(C(F)(F)F)c1)c1cc2ccccc2n1-c1ccccn1. The number of carbonyl (C=O) groups excluding carboxylic acids is 1. The number of para-hydroxylation sites is 1. The van der Waals surface area contributed by atoms with E-state index in [2.05, 4.69) is 4.98 Å². The molecule has 0 radical (unpaired) electrons. The summed E-state index contributed by atoms with van der Waals surface area (Å²) in [6, 6.07) is 18.8. The van der Waals surface area contributed by atoms with Gasteiger partial charge in [-0.15, -0.1) is 0 Å². The Hall–Kier alpha value is -3.41. The number of alkyl halides is 3. The number of ketones is 1. The van der Waals surface area contributed by atoms with Crippen LogP contribution in [-0.2, 0) is 6.18 Å². The monoisotopic (exact) mass is 366 g/mol. The lowest BCUT2D eigenvalue weighted by molar-refractivity contribution is -0.137. The van der Waals surface area contributed by atoms with Gasteiger partial charge in [0.1, 0.15) is 5.82 Å². The molecular formula is C21H13F3N2O. The van der Waals surface area contributed by atoms with Gasteiger partial charge in [0, 0.05) is 17.1 Å². The van der Waals surface area contributed by atoms with Gasteiger partial charge in [0.25, 0.3) is 0 Å². The fourth-order valence-electron chi connectivity index (χ4n) is 3.04. The lowest BCUT2D eigenvalue weighted by Gasteiger charge is -2.11. The average molecular weight is 366 g/mol. The molecule has 0 unspecified atom stereocenters. The molecule has 0 saturated heterocycles. The molecule has 0 N–H and O–H groups in total. The summed E-state index contributed by atoms with van der Waals surface area (Å²) in [6.07, 6.45) is -2.91. The van der Waals surface area contributed by atoms with Crippen LogP contribution in [0.4, 0.5) is 13.2 Å². The molecule has 3 nitrogen and oxygen atoms in total. The van der Waals surface area contributed by atoms with Gasteiger partial charge in [-0.2, -0.15) is 13.2 Å². The second-order valence-corrected chi connectivity index (χ2v) is 6.02. The quantitative estimate of drug-likeness (QED) is 0.463. The molecule has 0 aliphatic heterocycles. The molecule has 0 saturated carbocycles. The molecule has 2 aromatic heterocycles. The number of halogens is 3. The number of fused-ring (bicyclic) bond motifs is 1. The van der Waals surface area contributed by atoms with Gasteiger partial charge >= 0.3 is 6.18 Å². The van der Waals surface area contributed by atoms with Crippen molar-refractivity contribution < 1.29 is 18.0 Å². The molecule has 2 heterocycles. The molecule has 27 heavy (non-hydrogen) atoms. The Bertz CT molecular complexity index is 1130. The summed E-state index contributed by atoms with van der Waals surface area (Å²) in [7, 11) is 0. The van der Waals surface area contributed by atoms with Crippen LogP contribution in [0.25, 0.3) is 16.7 Å². The predicted molar refractivity (Wildman–Crippen MR) is 95.9 cm³/mol. The molecule has 0 aliphatic carbocycles. The van der Waals surface area contributed by atoms with Crippen molar-refractivity contribution >= 4 is 16.7 Å². The molecule has 2 aromatic carbocycles. The van der Waals surface area contributed by atoms with Crippen LogP contribution in [0, 0.1) is 0 Å². The van der Waals surface area contributed by atoms with Gasteiger partial charge in [0.2, 0.25) is 5.78 Å². The largest absolute Gasteiger partial charge is 0.416 e. The molecule has 6 heteroatoms. The number of aromatic nitrogens is 2. The molecule has 0 spiro atoms. The highest BCUT2D eigenvalue weighted by Crippen LogP contribution is 2.31. The lowest BCUT2D eigenvalue weighted by Crippen LogP contribution is -2.12. The van der Waals surface area contributed by atoms with E-state index in [0.29, 0.717) is 5.82 Å². The van der Waals surface area contributed by atoms with Crippen molar-refractivity contribution in [2.75, 3.05) is 0 Å². The minimum atomic E-state index is -4.51. The maximum Gasteiger partial charge on any atom is 0.416 e. The topological polar surface area (TPSA) is 34.9 Å². The Labute approximate surface area is 152 Å². The van der Waals surface area contributed by atoms with Gasteiger partial charge in [-0.05, 0) is 36.4 Å². The highest BCUT2D eigenvalue weighted by atomic mass is 19.4. The second-order valence-electron chi connectivity index (χ2n) is 6.02. The Balaban J connectivity index is 1.91. The Morgan fingerprint density at radius 1 is 0.889 bits per heavy atom. The number of carbonyl (C=O) groups is 1. The van der Waals surface area contributed by atoms with E-state index in [1.807, 2.05) is 24.3 Å². The number of rotatable bonds is 3. The van der Waals surface area contributed by atoms with E-state index in [4.69, 9.17) is 0 Å². The maximum atomic E-state index is 13.1. The van der Waals surface area contributed by atoms with Crippen LogP contribution in [0.1, 0.15) is 21.6 Å². The Kier molecular flexibility index (Phi) is 4.03. The van der Waals surface area contributed by atoms with Crippen molar-refractivity contribution in [1.82, 2.24) is 9.55 Å². The minimum absolute atomic E-state index is 0.0233.